The van der Waals surface area contributed by atoms with Gasteiger partial charge in [-0.15, -0.1) is 10.2 Å². The Morgan fingerprint density at radius 3 is 2.57 bits per heavy atom. The second-order valence-electron chi connectivity index (χ2n) is 6.22. The Morgan fingerprint density at radius 2 is 1.86 bits per heavy atom. The molecule has 9 heteroatoms. The summed E-state index contributed by atoms with van der Waals surface area (Å²) < 4.78 is 5.70. The molecule has 3 aromatic rings. The van der Waals surface area contributed by atoms with E-state index in [1.165, 1.54) is 11.8 Å². The van der Waals surface area contributed by atoms with Crippen molar-refractivity contribution in [3.63, 3.8) is 0 Å². The zero-order valence-corrected chi connectivity index (χ0v) is 16.2. The fourth-order valence-corrected chi connectivity index (χ4v) is 3.67. The number of carbonyl (C=O) groups excluding carboxylic acids is 2. The van der Waals surface area contributed by atoms with Crippen LogP contribution in [-0.4, -0.2) is 22.0 Å². The van der Waals surface area contributed by atoms with Crippen LogP contribution < -0.4 is 10.2 Å². The molecule has 0 radical (unpaired) electrons. The Balaban J connectivity index is 1.69. The van der Waals surface area contributed by atoms with Gasteiger partial charge in [0.15, 0.2) is 0 Å². The maximum Gasteiger partial charge on any atom is 0.254 e. The largest absolute Gasteiger partial charge is 0.419 e. The highest BCUT2D eigenvalue weighted by Crippen LogP contribution is 2.45. The number of hydrogen-bond acceptors (Lipinski definition) is 5. The summed E-state index contributed by atoms with van der Waals surface area (Å²) in [5.74, 6) is -0.151. The Kier molecular flexibility index (Phi) is 4.78. The standard InChI is InChI=1S/C19H14Cl2N4O3/c1-10(26)22-16-15-12(20)7-8-13(21)17(15)25(19(16)27)9-14-23-24-18(28-14)11-5-3-2-4-6-11/h2-8,16H,9H2,1H3,(H,22,26). The number of nitrogens with one attached hydrogen (secondary N) is 1. The zero-order valence-electron chi connectivity index (χ0n) is 14.6. The van der Waals surface area contributed by atoms with E-state index in [1.54, 1.807) is 12.1 Å². The fraction of sp³-hybridized carbons (Fsp3) is 0.158. The van der Waals surface area contributed by atoms with Crippen LogP contribution in [0.4, 0.5) is 5.69 Å². The molecule has 0 saturated carbocycles. The highest BCUT2D eigenvalue weighted by molar-refractivity contribution is 6.38. The number of fused-ring (bicyclic) bond motifs is 1. The van der Waals surface area contributed by atoms with Crippen molar-refractivity contribution in [1.29, 1.82) is 0 Å². The van der Waals surface area contributed by atoms with Crippen molar-refractivity contribution in [3.05, 3.63) is 64.0 Å². The number of nitrogens with zero attached hydrogens (tertiary/aromatic N) is 3. The number of hydrogen-bond donors (Lipinski definition) is 1. The van der Waals surface area contributed by atoms with Gasteiger partial charge < -0.3 is 9.73 Å². The summed E-state index contributed by atoms with van der Waals surface area (Å²) in [6.07, 6.45) is 0. The number of aromatic nitrogens is 2. The van der Waals surface area contributed by atoms with Gasteiger partial charge in [-0.05, 0) is 24.3 Å². The number of anilines is 1. The minimum Gasteiger partial charge on any atom is -0.419 e. The van der Waals surface area contributed by atoms with Crippen LogP contribution in [-0.2, 0) is 16.1 Å². The third-order valence-corrected chi connectivity index (χ3v) is 4.95. The molecule has 0 fully saturated rings. The number of rotatable bonds is 4. The van der Waals surface area contributed by atoms with Gasteiger partial charge in [0.2, 0.25) is 17.7 Å². The normalized spacial score (nSPS) is 15.6. The SMILES string of the molecule is CC(=O)NC1C(=O)N(Cc2nnc(-c3ccccc3)o2)c2c(Cl)ccc(Cl)c21. The van der Waals surface area contributed by atoms with Gasteiger partial charge in [-0.25, -0.2) is 0 Å². The van der Waals surface area contributed by atoms with Gasteiger partial charge in [-0.3, -0.25) is 14.5 Å². The molecule has 2 heterocycles. The summed E-state index contributed by atoms with van der Waals surface area (Å²) in [5, 5.41) is 11.4. The summed E-state index contributed by atoms with van der Waals surface area (Å²) in [6.45, 7) is 1.33. The molecule has 28 heavy (non-hydrogen) atoms. The lowest BCUT2D eigenvalue weighted by Crippen LogP contribution is -2.36. The molecule has 2 amide bonds. The van der Waals surface area contributed by atoms with Crippen LogP contribution in [0.5, 0.6) is 0 Å². The molecule has 7 nitrogen and oxygen atoms in total. The van der Waals surface area contributed by atoms with Gasteiger partial charge in [0.1, 0.15) is 12.6 Å². The minimum absolute atomic E-state index is 0.00180. The molecule has 1 N–H and O–H groups in total. The Labute approximate surface area is 170 Å². The Bertz CT molecular complexity index is 1070. The van der Waals surface area contributed by atoms with Crippen LogP contribution in [0.1, 0.15) is 24.4 Å². The van der Waals surface area contributed by atoms with E-state index >= 15 is 0 Å². The topological polar surface area (TPSA) is 88.3 Å². The average Bonchev–Trinajstić information content (AvgIpc) is 3.25. The van der Waals surface area contributed by atoms with Crippen LogP contribution in [0.2, 0.25) is 10.0 Å². The second kappa shape index (κ2) is 7.26. The van der Waals surface area contributed by atoms with E-state index in [-0.39, 0.29) is 24.2 Å². The number of halogens is 2. The molecule has 1 aromatic heterocycles. The molecule has 1 aliphatic rings. The maximum absolute atomic E-state index is 13.0. The first-order chi connectivity index (χ1) is 13.5. The van der Waals surface area contributed by atoms with E-state index in [4.69, 9.17) is 27.6 Å². The van der Waals surface area contributed by atoms with Gasteiger partial charge in [0.25, 0.3) is 5.91 Å². The van der Waals surface area contributed by atoms with E-state index in [0.29, 0.717) is 27.2 Å². The Hall–Kier alpha value is -2.90. The van der Waals surface area contributed by atoms with Crippen LogP contribution in [0.25, 0.3) is 11.5 Å². The molecular formula is C19H14Cl2N4O3. The van der Waals surface area contributed by atoms with Gasteiger partial charge in [-0.1, -0.05) is 41.4 Å². The van der Waals surface area contributed by atoms with Crippen molar-refractivity contribution in [2.75, 3.05) is 4.90 Å². The lowest BCUT2D eigenvalue weighted by atomic mass is 10.1. The minimum atomic E-state index is -0.921. The van der Waals surface area contributed by atoms with Crippen LogP contribution >= 0.6 is 23.2 Å². The first-order valence-electron chi connectivity index (χ1n) is 8.40. The highest BCUT2D eigenvalue weighted by Gasteiger charge is 2.41. The summed E-state index contributed by atoms with van der Waals surface area (Å²) in [6, 6.07) is 11.6. The second-order valence-corrected chi connectivity index (χ2v) is 7.03. The van der Waals surface area contributed by atoms with Crippen molar-refractivity contribution >= 4 is 40.7 Å². The van der Waals surface area contributed by atoms with E-state index in [9.17, 15) is 9.59 Å². The van der Waals surface area contributed by atoms with Gasteiger partial charge in [0.05, 0.1) is 10.7 Å². The van der Waals surface area contributed by atoms with Crippen LogP contribution in [0.15, 0.2) is 46.9 Å². The summed E-state index contributed by atoms with van der Waals surface area (Å²) in [7, 11) is 0. The molecule has 1 unspecified atom stereocenters. The smallest absolute Gasteiger partial charge is 0.254 e. The van der Waals surface area contributed by atoms with Crippen molar-refractivity contribution in [3.8, 4) is 11.5 Å². The molecule has 0 spiro atoms. The molecule has 0 bridgehead atoms. The maximum atomic E-state index is 13.0. The fourth-order valence-electron chi connectivity index (χ4n) is 3.14. The van der Waals surface area contributed by atoms with E-state index in [0.717, 1.165) is 5.56 Å². The molecule has 142 valence electrons. The van der Waals surface area contributed by atoms with Crippen molar-refractivity contribution in [2.45, 2.75) is 19.5 Å². The summed E-state index contributed by atoms with van der Waals surface area (Å²) >= 11 is 12.6. The van der Waals surface area contributed by atoms with Gasteiger partial charge >= 0.3 is 0 Å². The number of amides is 2. The van der Waals surface area contributed by atoms with Crippen LogP contribution in [0.3, 0.4) is 0 Å². The predicted octanol–water partition coefficient (Wildman–Crippen LogP) is 3.77. The molecule has 4 rings (SSSR count). The molecule has 1 atom stereocenters. The number of carbonyl (C=O) groups is 2. The molecule has 1 aliphatic heterocycles. The lowest BCUT2D eigenvalue weighted by Gasteiger charge is -2.16. The van der Waals surface area contributed by atoms with Crippen molar-refractivity contribution < 1.29 is 14.0 Å². The zero-order chi connectivity index (χ0) is 19.8. The molecular weight excluding hydrogens is 403 g/mol. The van der Waals surface area contributed by atoms with Crippen molar-refractivity contribution in [1.82, 2.24) is 15.5 Å². The Morgan fingerprint density at radius 1 is 1.14 bits per heavy atom. The third-order valence-electron chi connectivity index (χ3n) is 4.31. The highest BCUT2D eigenvalue weighted by atomic mass is 35.5. The average molecular weight is 417 g/mol. The molecule has 2 aromatic carbocycles. The van der Waals surface area contributed by atoms with Crippen LogP contribution in [0, 0.1) is 0 Å². The van der Waals surface area contributed by atoms with E-state index < -0.39 is 6.04 Å². The van der Waals surface area contributed by atoms with Gasteiger partial charge in [0, 0.05) is 23.1 Å². The summed E-state index contributed by atoms with van der Waals surface area (Å²) in [5.41, 5.74) is 1.65. The lowest BCUT2D eigenvalue weighted by molar-refractivity contribution is -0.126. The van der Waals surface area contributed by atoms with Crippen molar-refractivity contribution in [2.24, 2.45) is 0 Å². The van der Waals surface area contributed by atoms with E-state index in [2.05, 4.69) is 15.5 Å². The first kappa shape index (κ1) is 18.5. The van der Waals surface area contributed by atoms with E-state index in [1.807, 2.05) is 30.3 Å². The predicted molar refractivity (Wildman–Crippen MR) is 104 cm³/mol. The monoisotopic (exact) mass is 416 g/mol. The quantitative estimate of drug-likeness (QED) is 0.698. The first-order valence-corrected chi connectivity index (χ1v) is 9.15. The molecule has 0 aliphatic carbocycles. The molecule has 0 saturated heterocycles. The number of benzene rings is 2. The van der Waals surface area contributed by atoms with Gasteiger partial charge in [-0.2, -0.15) is 0 Å². The summed E-state index contributed by atoms with van der Waals surface area (Å²) in [4.78, 5) is 26.0. The third kappa shape index (κ3) is 3.23.